The van der Waals surface area contributed by atoms with Crippen molar-refractivity contribution in [2.45, 2.75) is 33.3 Å². The first-order chi connectivity index (χ1) is 8.85. The van der Waals surface area contributed by atoms with Gasteiger partial charge in [0.05, 0.1) is 0 Å². The zero-order valence-corrected chi connectivity index (χ0v) is 12.8. The highest BCUT2D eigenvalue weighted by molar-refractivity contribution is 5.67. The lowest BCUT2D eigenvalue weighted by molar-refractivity contribution is 0.0534. The molecule has 0 bridgehead atoms. The maximum atomic E-state index is 11.3. The van der Waals surface area contributed by atoms with Gasteiger partial charge >= 0.3 is 6.09 Å². The molecule has 112 valence electrons. The van der Waals surface area contributed by atoms with Gasteiger partial charge in [-0.3, -0.25) is 0 Å². The molecule has 0 aliphatic carbocycles. The highest BCUT2D eigenvalue weighted by atomic mass is 16.6. The molecule has 0 aliphatic rings. The van der Waals surface area contributed by atoms with E-state index < -0.39 is 5.60 Å². The summed E-state index contributed by atoms with van der Waals surface area (Å²) >= 11 is 0. The second-order valence-electron chi connectivity index (χ2n) is 5.57. The number of hydrogen-bond acceptors (Lipinski definition) is 4. The van der Waals surface area contributed by atoms with Crippen molar-refractivity contribution in [1.82, 2.24) is 10.6 Å². The molecule has 1 unspecified atom stereocenters. The summed E-state index contributed by atoms with van der Waals surface area (Å²) < 4.78 is 10.2. The van der Waals surface area contributed by atoms with Crippen molar-refractivity contribution >= 4 is 6.09 Å². The number of methoxy groups -OCH3 is 1. The van der Waals surface area contributed by atoms with Crippen molar-refractivity contribution in [3.05, 3.63) is 12.2 Å². The lowest BCUT2D eigenvalue weighted by atomic mass is 10.2. The Morgan fingerprint density at radius 2 is 1.89 bits per heavy atom. The molecule has 0 aromatic rings. The highest BCUT2D eigenvalue weighted by Gasteiger charge is 2.14. The van der Waals surface area contributed by atoms with E-state index in [1.54, 1.807) is 7.11 Å². The van der Waals surface area contributed by atoms with Crippen molar-refractivity contribution < 1.29 is 14.3 Å². The fourth-order valence-electron chi connectivity index (χ4n) is 1.38. The second-order valence-corrected chi connectivity index (χ2v) is 5.57. The number of hydrogen-bond donors (Lipinski definition) is 2. The van der Waals surface area contributed by atoms with Gasteiger partial charge < -0.3 is 20.1 Å². The third kappa shape index (κ3) is 13.2. The van der Waals surface area contributed by atoms with Crippen molar-refractivity contribution in [3.63, 3.8) is 0 Å². The minimum absolute atomic E-state index is 0.390. The SMILES string of the molecule is COCC(C)CNC/C=C/CNC(=O)OC(C)(C)C. The molecule has 1 atom stereocenters. The van der Waals surface area contributed by atoms with E-state index in [1.807, 2.05) is 32.9 Å². The van der Waals surface area contributed by atoms with Crippen LogP contribution in [0.1, 0.15) is 27.7 Å². The summed E-state index contributed by atoms with van der Waals surface area (Å²) in [6, 6.07) is 0. The topological polar surface area (TPSA) is 59.6 Å². The van der Waals surface area contributed by atoms with Gasteiger partial charge in [-0.15, -0.1) is 0 Å². The molecule has 0 aromatic carbocycles. The van der Waals surface area contributed by atoms with Crippen molar-refractivity contribution in [3.8, 4) is 0 Å². The fraction of sp³-hybridized carbons (Fsp3) is 0.786. The Morgan fingerprint density at radius 1 is 1.26 bits per heavy atom. The Morgan fingerprint density at radius 3 is 2.47 bits per heavy atom. The van der Waals surface area contributed by atoms with Gasteiger partial charge in [0.1, 0.15) is 5.60 Å². The Balaban J connectivity index is 3.52. The van der Waals surface area contributed by atoms with E-state index in [1.165, 1.54) is 0 Å². The molecule has 0 saturated carbocycles. The van der Waals surface area contributed by atoms with Gasteiger partial charge in [0.15, 0.2) is 0 Å². The van der Waals surface area contributed by atoms with E-state index in [9.17, 15) is 4.79 Å². The maximum Gasteiger partial charge on any atom is 0.407 e. The van der Waals surface area contributed by atoms with Crippen LogP contribution in [0.5, 0.6) is 0 Å². The van der Waals surface area contributed by atoms with Gasteiger partial charge in [-0.2, -0.15) is 0 Å². The van der Waals surface area contributed by atoms with E-state index in [0.717, 1.165) is 19.7 Å². The van der Waals surface area contributed by atoms with E-state index >= 15 is 0 Å². The van der Waals surface area contributed by atoms with Crippen molar-refractivity contribution in [1.29, 1.82) is 0 Å². The molecule has 0 spiro atoms. The van der Waals surface area contributed by atoms with E-state index in [4.69, 9.17) is 9.47 Å². The molecule has 0 heterocycles. The first-order valence-electron chi connectivity index (χ1n) is 6.66. The molecule has 0 aromatic heterocycles. The summed E-state index contributed by atoms with van der Waals surface area (Å²) in [7, 11) is 1.71. The third-order valence-corrected chi connectivity index (χ3v) is 2.14. The van der Waals surface area contributed by atoms with Crippen LogP contribution in [-0.2, 0) is 9.47 Å². The number of carbonyl (C=O) groups excluding carboxylic acids is 1. The summed E-state index contributed by atoms with van der Waals surface area (Å²) in [6.45, 7) is 10.6. The van der Waals surface area contributed by atoms with Crippen LogP contribution in [0.25, 0.3) is 0 Å². The van der Waals surface area contributed by atoms with Crippen LogP contribution in [-0.4, -0.2) is 45.0 Å². The summed E-state index contributed by atoms with van der Waals surface area (Å²) in [6.07, 6.45) is 3.49. The summed E-state index contributed by atoms with van der Waals surface area (Å²) in [5, 5.41) is 5.95. The largest absolute Gasteiger partial charge is 0.444 e. The lowest BCUT2D eigenvalue weighted by Gasteiger charge is -2.19. The number of alkyl carbamates (subject to hydrolysis) is 1. The third-order valence-electron chi connectivity index (χ3n) is 2.14. The molecule has 5 nitrogen and oxygen atoms in total. The van der Waals surface area contributed by atoms with Crippen molar-refractivity contribution in [2.24, 2.45) is 5.92 Å². The molecule has 0 saturated heterocycles. The van der Waals surface area contributed by atoms with E-state index in [2.05, 4.69) is 17.6 Å². The predicted molar refractivity (Wildman–Crippen MR) is 77.3 cm³/mol. The van der Waals surface area contributed by atoms with Crippen LogP contribution in [0, 0.1) is 5.92 Å². The Hall–Kier alpha value is -1.07. The van der Waals surface area contributed by atoms with Gasteiger partial charge in [-0.05, 0) is 26.7 Å². The lowest BCUT2D eigenvalue weighted by Crippen LogP contribution is -2.32. The summed E-state index contributed by atoms with van der Waals surface area (Å²) in [4.78, 5) is 11.3. The number of carbonyl (C=O) groups is 1. The van der Waals surface area contributed by atoms with Gasteiger partial charge in [0.25, 0.3) is 0 Å². The Labute approximate surface area is 116 Å². The van der Waals surface area contributed by atoms with Crippen LogP contribution in [0.2, 0.25) is 0 Å². The molecule has 19 heavy (non-hydrogen) atoms. The number of nitrogens with one attached hydrogen (secondary N) is 2. The molecular weight excluding hydrogens is 244 g/mol. The summed E-state index contributed by atoms with van der Waals surface area (Å²) in [5.74, 6) is 0.498. The van der Waals surface area contributed by atoms with Gasteiger partial charge in [0, 0.05) is 33.4 Å². The fourth-order valence-corrected chi connectivity index (χ4v) is 1.38. The first kappa shape index (κ1) is 17.9. The quantitative estimate of drug-likeness (QED) is 0.524. The standard InChI is InChI=1S/C14H28N2O3/c1-12(11-18-5)10-15-8-6-7-9-16-13(17)19-14(2,3)4/h6-7,12,15H,8-11H2,1-5H3,(H,16,17)/b7-6+. The summed E-state index contributed by atoms with van der Waals surface area (Å²) in [5.41, 5.74) is -0.452. The van der Waals surface area contributed by atoms with E-state index in [-0.39, 0.29) is 6.09 Å². The van der Waals surface area contributed by atoms with Crippen LogP contribution < -0.4 is 10.6 Å². The molecule has 0 radical (unpaired) electrons. The number of ether oxygens (including phenoxy) is 2. The molecule has 0 aliphatic heterocycles. The minimum Gasteiger partial charge on any atom is -0.444 e. The highest BCUT2D eigenvalue weighted by Crippen LogP contribution is 2.05. The average Bonchev–Trinajstić information content (AvgIpc) is 2.25. The maximum absolute atomic E-state index is 11.3. The van der Waals surface area contributed by atoms with Crippen LogP contribution in [0.4, 0.5) is 4.79 Å². The first-order valence-corrected chi connectivity index (χ1v) is 6.66. The molecule has 5 heteroatoms. The van der Waals surface area contributed by atoms with E-state index in [0.29, 0.717) is 12.5 Å². The monoisotopic (exact) mass is 272 g/mol. The normalized spacial score (nSPS) is 13.5. The minimum atomic E-state index is -0.452. The molecular formula is C14H28N2O3. The molecule has 0 rings (SSSR count). The zero-order valence-electron chi connectivity index (χ0n) is 12.8. The number of rotatable bonds is 8. The van der Waals surface area contributed by atoms with Crippen molar-refractivity contribution in [2.75, 3.05) is 33.4 Å². The molecule has 2 N–H and O–H groups in total. The number of amides is 1. The molecule has 1 amide bonds. The Kier molecular flexibility index (Phi) is 9.26. The predicted octanol–water partition coefficient (Wildman–Crippen LogP) is 1.94. The van der Waals surface area contributed by atoms with Gasteiger partial charge in [-0.1, -0.05) is 19.1 Å². The van der Waals surface area contributed by atoms with Crippen LogP contribution >= 0.6 is 0 Å². The van der Waals surface area contributed by atoms with Gasteiger partial charge in [-0.25, -0.2) is 4.79 Å². The zero-order chi connectivity index (χ0) is 14.7. The second kappa shape index (κ2) is 9.81. The Bertz CT molecular complexity index is 272. The van der Waals surface area contributed by atoms with Gasteiger partial charge in [0.2, 0.25) is 0 Å². The average molecular weight is 272 g/mol. The molecule has 0 fully saturated rings. The van der Waals surface area contributed by atoms with Crippen LogP contribution in [0.3, 0.4) is 0 Å². The van der Waals surface area contributed by atoms with Crippen LogP contribution in [0.15, 0.2) is 12.2 Å². The smallest absolute Gasteiger partial charge is 0.407 e.